The zero-order valence-corrected chi connectivity index (χ0v) is 20.8. The number of nitrogen functional groups attached to an aromatic ring is 1. The van der Waals surface area contributed by atoms with Gasteiger partial charge in [-0.05, 0) is 6.07 Å². The highest BCUT2D eigenvalue weighted by atomic mass is 35.5. The van der Waals surface area contributed by atoms with Crippen LogP contribution < -0.4 is 27.4 Å². The quantitative estimate of drug-likeness (QED) is 0.180. The van der Waals surface area contributed by atoms with Crippen LogP contribution in [0.15, 0.2) is 24.4 Å². The molecule has 3 aromatic heterocycles. The lowest BCUT2D eigenvalue weighted by Crippen LogP contribution is -2.29. The van der Waals surface area contributed by atoms with Gasteiger partial charge in [0, 0.05) is 52.4 Å². The molecule has 0 bridgehead atoms. The second-order valence-electron chi connectivity index (χ2n) is 7.28. The van der Waals surface area contributed by atoms with Crippen molar-refractivity contribution in [3.8, 4) is 0 Å². The number of hydrogen-bond acceptors (Lipinski definition) is 7. The van der Waals surface area contributed by atoms with Gasteiger partial charge in [0.1, 0.15) is 22.9 Å². The predicted molar refractivity (Wildman–Crippen MR) is 136 cm³/mol. The number of carbonyl (C=O) groups is 3. The summed E-state index contributed by atoms with van der Waals surface area (Å²) in [4.78, 5) is 37.4. The van der Waals surface area contributed by atoms with Crippen LogP contribution in [0.3, 0.4) is 0 Å². The molecule has 0 spiro atoms. The summed E-state index contributed by atoms with van der Waals surface area (Å²) >= 11 is 0. The standard InChI is InChI=1S/C19H25N11O3.2ClH/c1-28-9-10(24-19(33)12-7-15(22)26-29(12)2)6-11(28)18(32)25-16-8-13(30(3)27-16)17(31)23-5-4-14(20)21;;/h6-9H,4-5H2,1-3H3,(H3,20,21)(H2,22,26)(H,23,31)(H,24,33)(H,25,27,32);2*1H. The van der Waals surface area contributed by atoms with Crippen LogP contribution in [0.25, 0.3) is 0 Å². The second kappa shape index (κ2) is 11.9. The minimum Gasteiger partial charge on any atom is -0.388 e. The summed E-state index contributed by atoms with van der Waals surface area (Å²) in [5, 5.41) is 23.2. The van der Waals surface area contributed by atoms with E-state index in [9.17, 15) is 14.4 Å². The molecule has 8 N–H and O–H groups in total. The number of amidine groups is 1. The molecule has 3 amide bonds. The number of nitrogens with zero attached hydrogens (tertiary/aromatic N) is 5. The number of aryl methyl sites for hydroxylation is 3. The molecule has 0 aliphatic rings. The van der Waals surface area contributed by atoms with Crippen molar-refractivity contribution in [1.29, 1.82) is 5.41 Å². The van der Waals surface area contributed by atoms with E-state index in [-0.39, 0.29) is 72.3 Å². The monoisotopic (exact) mass is 527 g/mol. The van der Waals surface area contributed by atoms with Gasteiger partial charge in [0.15, 0.2) is 5.82 Å². The highest BCUT2D eigenvalue weighted by Crippen LogP contribution is 2.17. The summed E-state index contributed by atoms with van der Waals surface area (Å²) in [6.07, 6.45) is 1.81. The first kappa shape index (κ1) is 29.0. The number of anilines is 3. The molecule has 0 saturated carbocycles. The molecule has 0 aromatic carbocycles. The van der Waals surface area contributed by atoms with Crippen molar-refractivity contribution in [2.75, 3.05) is 22.9 Å². The summed E-state index contributed by atoms with van der Waals surface area (Å²) in [5.41, 5.74) is 12.0. The normalized spacial score (nSPS) is 10.0. The van der Waals surface area contributed by atoms with E-state index >= 15 is 0 Å². The lowest BCUT2D eigenvalue weighted by molar-refractivity contribution is 0.0943. The second-order valence-corrected chi connectivity index (χ2v) is 7.28. The Bertz CT molecular complexity index is 1240. The lowest BCUT2D eigenvalue weighted by Gasteiger charge is -2.03. The zero-order chi connectivity index (χ0) is 24.3. The number of halogens is 2. The smallest absolute Gasteiger partial charge is 0.274 e. The number of hydrogen-bond donors (Lipinski definition) is 6. The minimum atomic E-state index is -0.482. The van der Waals surface area contributed by atoms with E-state index < -0.39 is 17.7 Å². The van der Waals surface area contributed by atoms with Crippen LogP contribution in [-0.2, 0) is 21.1 Å². The molecule has 0 unspecified atom stereocenters. The lowest BCUT2D eigenvalue weighted by atomic mass is 10.3. The van der Waals surface area contributed by atoms with Gasteiger partial charge in [-0.1, -0.05) is 0 Å². The van der Waals surface area contributed by atoms with Gasteiger partial charge in [-0.2, -0.15) is 10.2 Å². The highest BCUT2D eigenvalue weighted by Gasteiger charge is 2.19. The zero-order valence-electron chi connectivity index (χ0n) is 19.2. The number of nitrogens with two attached hydrogens (primary N) is 2. The third kappa shape index (κ3) is 6.97. The van der Waals surface area contributed by atoms with E-state index in [0.29, 0.717) is 5.69 Å². The predicted octanol–water partition coefficient (Wildman–Crippen LogP) is 0.478. The van der Waals surface area contributed by atoms with Crippen molar-refractivity contribution in [3.05, 3.63) is 41.5 Å². The van der Waals surface area contributed by atoms with E-state index in [4.69, 9.17) is 16.9 Å². The van der Waals surface area contributed by atoms with Crippen LogP contribution in [-0.4, -0.2) is 54.2 Å². The van der Waals surface area contributed by atoms with Gasteiger partial charge in [-0.15, -0.1) is 24.8 Å². The van der Waals surface area contributed by atoms with Crippen LogP contribution >= 0.6 is 24.8 Å². The van der Waals surface area contributed by atoms with Crippen molar-refractivity contribution < 1.29 is 14.4 Å². The first-order valence-corrected chi connectivity index (χ1v) is 9.79. The number of aromatic nitrogens is 5. The minimum absolute atomic E-state index is 0. The Morgan fingerprint density at radius 1 is 0.914 bits per heavy atom. The summed E-state index contributed by atoms with van der Waals surface area (Å²) in [6.45, 7) is 0.213. The molecule has 0 atom stereocenters. The molecule has 0 aliphatic carbocycles. The van der Waals surface area contributed by atoms with Crippen molar-refractivity contribution in [2.45, 2.75) is 6.42 Å². The fourth-order valence-electron chi connectivity index (χ4n) is 3.08. The van der Waals surface area contributed by atoms with Crippen LogP contribution in [0.1, 0.15) is 37.9 Å². The third-order valence-electron chi connectivity index (χ3n) is 4.66. The topological polar surface area (TPSA) is 204 Å². The van der Waals surface area contributed by atoms with Crippen molar-refractivity contribution in [3.63, 3.8) is 0 Å². The van der Waals surface area contributed by atoms with Crippen LogP contribution in [0, 0.1) is 5.41 Å². The molecule has 190 valence electrons. The largest absolute Gasteiger partial charge is 0.388 e. The van der Waals surface area contributed by atoms with E-state index in [0.717, 1.165) is 0 Å². The highest BCUT2D eigenvalue weighted by molar-refractivity contribution is 6.07. The van der Waals surface area contributed by atoms with Gasteiger partial charge in [-0.3, -0.25) is 29.2 Å². The van der Waals surface area contributed by atoms with E-state index in [1.54, 1.807) is 31.9 Å². The van der Waals surface area contributed by atoms with E-state index in [2.05, 4.69) is 26.1 Å². The first-order valence-electron chi connectivity index (χ1n) is 9.79. The maximum atomic E-state index is 12.7. The Morgan fingerprint density at radius 3 is 2.11 bits per heavy atom. The molecule has 0 aliphatic heterocycles. The van der Waals surface area contributed by atoms with Crippen molar-refractivity contribution in [2.24, 2.45) is 26.9 Å². The van der Waals surface area contributed by atoms with Gasteiger partial charge >= 0.3 is 0 Å². The van der Waals surface area contributed by atoms with Crippen LogP contribution in [0.4, 0.5) is 17.3 Å². The molecule has 0 saturated heterocycles. The molecule has 3 aromatic rings. The SMILES string of the molecule is Cl.Cl.Cn1cc(NC(=O)c2cc(N)nn2C)cc1C(=O)Nc1cc(C(=O)NCCC(=N)N)n(C)n1. The van der Waals surface area contributed by atoms with Gasteiger partial charge in [0.25, 0.3) is 17.7 Å². The fourth-order valence-corrected chi connectivity index (χ4v) is 3.08. The maximum absolute atomic E-state index is 12.7. The molecule has 16 heteroatoms. The van der Waals surface area contributed by atoms with E-state index in [1.165, 1.54) is 27.6 Å². The first-order chi connectivity index (χ1) is 15.5. The van der Waals surface area contributed by atoms with Gasteiger partial charge in [-0.25, -0.2) is 0 Å². The van der Waals surface area contributed by atoms with Crippen LogP contribution in [0.5, 0.6) is 0 Å². The molecule has 14 nitrogen and oxygen atoms in total. The Morgan fingerprint density at radius 2 is 1.51 bits per heavy atom. The molecule has 0 fully saturated rings. The third-order valence-corrected chi connectivity index (χ3v) is 4.66. The molecule has 3 heterocycles. The average molecular weight is 528 g/mol. The Hall–Kier alpha value is -4.04. The number of carbonyl (C=O) groups excluding carboxylic acids is 3. The number of amides is 3. The summed E-state index contributed by atoms with van der Waals surface area (Å²) in [5.74, 6) is -0.953. The summed E-state index contributed by atoms with van der Waals surface area (Å²) < 4.78 is 4.23. The Kier molecular flexibility index (Phi) is 9.85. The maximum Gasteiger partial charge on any atom is 0.274 e. The Balaban J connectivity index is 0.00000306. The fraction of sp³-hybridized carbons (Fsp3) is 0.263. The molecule has 3 rings (SSSR count). The molecule has 35 heavy (non-hydrogen) atoms. The molecular formula is C19H27Cl2N11O3. The molecule has 0 radical (unpaired) electrons. The van der Waals surface area contributed by atoms with Gasteiger partial charge in [0.2, 0.25) is 0 Å². The van der Waals surface area contributed by atoms with Crippen molar-refractivity contribution >= 4 is 65.7 Å². The van der Waals surface area contributed by atoms with Gasteiger partial charge < -0.3 is 32.0 Å². The number of rotatable bonds is 8. The summed E-state index contributed by atoms with van der Waals surface area (Å²) in [6, 6.07) is 4.38. The molecular weight excluding hydrogens is 501 g/mol. The van der Waals surface area contributed by atoms with Crippen molar-refractivity contribution in [1.82, 2.24) is 29.4 Å². The van der Waals surface area contributed by atoms with Crippen LogP contribution in [0.2, 0.25) is 0 Å². The Labute approximate surface area is 212 Å². The summed E-state index contributed by atoms with van der Waals surface area (Å²) in [7, 11) is 4.82. The number of nitrogens with one attached hydrogen (secondary N) is 4. The van der Waals surface area contributed by atoms with Gasteiger partial charge in [0.05, 0.1) is 11.5 Å². The average Bonchev–Trinajstić information content (AvgIpc) is 3.37. The van der Waals surface area contributed by atoms with E-state index in [1.807, 2.05) is 0 Å².